The van der Waals surface area contributed by atoms with Crippen molar-refractivity contribution < 1.29 is 18.7 Å². The highest BCUT2D eigenvalue weighted by Crippen LogP contribution is 2.61. The van der Waals surface area contributed by atoms with Gasteiger partial charge in [-0.25, -0.2) is 4.79 Å². The highest BCUT2D eigenvalue weighted by molar-refractivity contribution is 5.91. The highest BCUT2D eigenvalue weighted by atomic mass is 16.7. The Morgan fingerprint density at radius 3 is 2.73 bits per heavy atom. The molecule has 30 heavy (non-hydrogen) atoms. The highest BCUT2D eigenvalue weighted by Gasteiger charge is 2.64. The van der Waals surface area contributed by atoms with Gasteiger partial charge in [0.05, 0.1) is 5.39 Å². The lowest BCUT2D eigenvalue weighted by Gasteiger charge is -2.53. The molecule has 0 amide bonds. The Morgan fingerprint density at radius 1 is 1.23 bits per heavy atom. The summed E-state index contributed by atoms with van der Waals surface area (Å²) in [5.74, 6) is 0.155. The zero-order chi connectivity index (χ0) is 21.4. The van der Waals surface area contributed by atoms with Crippen molar-refractivity contribution in [3.63, 3.8) is 0 Å². The van der Waals surface area contributed by atoms with Crippen LogP contribution in [0.15, 0.2) is 27.4 Å². The molecule has 0 spiro atoms. The van der Waals surface area contributed by atoms with Crippen LogP contribution in [0.4, 0.5) is 0 Å². The molecule has 0 unspecified atom stereocenters. The van der Waals surface area contributed by atoms with Gasteiger partial charge in [-0.1, -0.05) is 46.2 Å². The third-order valence-corrected chi connectivity index (χ3v) is 7.65. The average Bonchev–Trinajstić information content (AvgIpc) is 3.07. The van der Waals surface area contributed by atoms with Crippen molar-refractivity contribution in [2.75, 3.05) is 0 Å². The van der Waals surface area contributed by atoms with Crippen molar-refractivity contribution in [3.05, 3.63) is 39.7 Å². The molecule has 5 heteroatoms. The second kappa shape index (κ2) is 6.68. The quantitative estimate of drug-likeness (QED) is 0.653. The second-order valence-electron chi connectivity index (χ2n) is 9.99. The molecule has 1 aliphatic carbocycles. The number of ether oxygens (including phenoxy) is 2. The van der Waals surface area contributed by atoms with E-state index in [2.05, 4.69) is 13.8 Å². The minimum atomic E-state index is -1.34. The number of hydrogen-bond donors (Lipinski definition) is 0. The molecule has 5 nitrogen and oxygen atoms in total. The lowest BCUT2D eigenvalue weighted by molar-refractivity contribution is -0.293. The number of benzene rings is 1. The normalized spacial score (nSPS) is 34.5. The van der Waals surface area contributed by atoms with Gasteiger partial charge in [0, 0.05) is 12.3 Å². The molecule has 160 valence electrons. The van der Waals surface area contributed by atoms with Gasteiger partial charge in [0.15, 0.2) is 0 Å². The van der Waals surface area contributed by atoms with Crippen LogP contribution in [0.2, 0.25) is 0 Å². The van der Waals surface area contributed by atoms with Crippen LogP contribution in [0.25, 0.3) is 11.0 Å². The maximum Gasteiger partial charge on any atom is 0.345 e. The Morgan fingerprint density at radius 2 is 2.00 bits per heavy atom. The molecule has 5 rings (SSSR count). The number of carbonyl (C=O) groups is 1. The van der Waals surface area contributed by atoms with Crippen molar-refractivity contribution >= 4 is 16.8 Å². The fourth-order valence-electron chi connectivity index (χ4n) is 6.18. The Labute approximate surface area is 176 Å². The number of hydrogen-bond acceptors (Lipinski definition) is 5. The molecule has 0 radical (unpaired) electrons. The number of ketones is 1. The van der Waals surface area contributed by atoms with Crippen LogP contribution in [0.3, 0.4) is 0 Å². The van der Waals surface area contributed by atoms with E-state index in [1.54, 1.807) is 6.07 Å². The number of carbonyl (C=O) groups excluding carboxylic acids is 1. The van der Waals surface area contributed by atoms with Gasteiger partial charge >= 0.3 is 5.63 Å². The summed E-state index contributed by atoms with van der Waals surface area (Å²) in [6, 6.07) is 5.63. The average molecular weight is 411 g/mol. The first-order valence-electron chi connectivity index (χ1n) is 11.2. The predicted octanol–water partition coefficient (Wildman–Crippen LogP) is 5.18. The van der Waals surface area contributed by atoms with Gasteiger partial charge in [0.25, 0.3) is 5.79 Å². The lowest BCUT2D eigenvalue weighted by atomic mass is 9.68. The molecule has 3 aliphatic rings. The van der Waals surface area contributed by atoms with Gasteiger partial charge in [0.2, 0.25) is 5.78 Å². The molecule has 1 saturated carbocycles. The minimum Gasteiger partial charge on any atom is -0.453 e. The van der Waals surface area contributed by atoms with Gasteiger partial charge in [-0.3, -0.25) is 4.79 Å². The Bertz CT molecular complexity index is 1080. The number of fused-ring (bicyclic) bond motifs is 8. The van der Waals surface area contributed by atoms with Crippen LogP contribution in [0.1, 0.15) is 64.2 Å². The first-order valence-corrected chi connectivity index (χ1v) is 11.2. The maximum atomic E-state index is 13.6. The van der Waals surface area contributed by atoms with Crippen molar-refractivity contribution in [2.45, 2.75) is 65.8 Å². The summed E-state index contributed by atoms with van der Waals surface area (Å²) >= 11 is 0. The zero-order valence-corrected chi connectivity index (χ0v) is 18.4. The predicted molar refractivity (Wildman–Crippen MR) is 113 cm³/mol. The fraction of sp³-hybridized carbons (Fsp3) is 0.600. The summed E-state index contributed by atoms with van der Waals surface area (Å²) < 4.78 is 18.8. The number of rotatable bonds is 3. The smallest absolute Gasteiger partial charge is 0.345 e. The van der Waals surface area contributed by atoms with E-state index < -0.39 is 17.5 Å². The van der Waals surface area contributed by atoms with Gasteiger partial charge in [0.1, 0.15) is 23.0 Å². The van der Waals surface area contributed by atoms with E-state index in [9.17, 15) is 9.59 Å². The van der Waals surface area contributed by atoms with Crippen molar-refractivity contribution in [3.8, 4) is 5.75 Å². The molecule has 1 aromatic carbocycles. The fourth-order valence-corrected chi connectivity index (χ4v) is 6.18. The standard InChI is InChI=1S/C25H30O5/c1-12(2)11-18(26)25-15(5)16-10-9-14(4)19(16)22(29-25)21-23(30-25)20-13(3)7-6-8-17(20)28-24(21)27/h6-8,12,14-16,19,22H,9-11H2,1-5H3/t14-,15+,16+,19+,22-,25-/m0/s1. The van der Waals surface area contributed by atoms with Gasteiger partial charge in [-0.15, -0.1) is 0 Å². The molecular formula is C25H30O5. The Hall–Kier alpha value is -2.14. The molecule has 2 fully saturated rings. The van der Waals surface area contributed by atoms with E-state index in [1.807, 2.05) is 32.9 Å². The molecule has 2 bridgehead atoms. The molecule has 2 aliphatic heterocycles. The van der Waals surface area contributed by atoms with Gasteiger partial charge in [-0.2, -0.15) is 0 Å². The lowest BCUT2D eigenvalue weighted by Crippen LogP contribution is -2.62. The Kier molecular flexibility index (Phi) is 4.41. The molecule has 2 aromatic rings. The van der Waals surface area contributed by atoms with Crippen molar-refractivity contribution in [1.29, 1.82) is 0 Å². The summed E-state index contributed by atoms with van der Waals surface area (Å²) in [6.45, 7) is 10.4. The molecule has 3 heterocycles. The van der Waals surface area contributed by atoms with Crippen LogP contribution < -0.4 is 10.4 Å². The number of Topliss-reactive ketones (excluding diaryl/α,β-unsaturated/α-hetero) is 1. The third kappa shape index (κ3) is 2.57. The second-order valence-corrected chi connectivity index (χ2v) is 9.99. The van der Waals surface area contributed by atoms with Crippen LogP contribution in [-0.4, -0.2) is 11.6 Å². The first kappa shape index (κ1) is 19.8. The monoisotopic (exact) mass is 410 g/mol. The number of aryl methyl sites for hydroxylation is 1. The van der Waals surface area contributed by atoms with E-state index in [0.717, 1.165) is 23.8 Å². The molecule has 1 saturated heterocycles. The van der Waals surface area contributed by atoms with E-state index in [1.165, 1.54) is 0 Å². The Balaban J connectivity index is 1.80. The molecule has 1 aromatic heterocycles. The minimum absolute atomic E-state index is 0.0198. The molecule has 0 N–H and O–H groups in total. The van der Waals surface area contributed by atoms with Crippen LogP contribution in [-0.2, 0) is 9.53 Å². The maximum absolute atomic E-state index is 13.6. The van der Waals surface area contributed by atoms with Crippen molar-refractivity contribution in [1.82, 2.24) is 0 Å². The topological polar surface area (TPSA) is 65.7 Å². The SMILES string of the molecule is Cc1cccc2oc(=O)c3c(c12)O[C@@]1(C(=O)CC(C)C)O[C@H]3[C@H]2[C@H](CC[C@@H]2C)[C@H]1C. The largest absolute Gasteiger partial charge is 0.453 e. The van der Waals surface area contributed by atoms with E-state index >= 15 is 0 Å². The van der Waals surface area contributed by atoms with Crippen LogP contribution in [0.5, 0.6) is 5.75 Å². The third-order valence-electron chi connectivity index (χ3n) is 7.65. The van der Waals surface area contributed by atoms with Crippen LogP contribution in [0, 0.1) is 36.5 Å². The van der Waals surface area contributed by atoms with Gasteiger partial charge < -0.3 is 13.9 Å². The van der Waals surface area contributed by atoms with Gasteiger partial charge in [-0.05, 0) is 48.6 Å². The summed E-state index contributed by atoms with van der Waals surface area (Å²) in [5.41, 5.74) is 1.50. The van der Waals surface area contributed by atoms with Crippen LogP contribution >= 0.6 is 0 Å². The zero-order valence-electron chi connectivity index (χ0n) is 18.4. The summed E-state index contributed by atoms with van der Waals surface area (Å²) in [7, 11) is 0. The first-order chi connectivity index (χ1) is 14.2. The molecule has 6 atom stereocenters. The van der Waals surface area contributed by atoms with Crippen molar-refractivity contribution in [2.24, 2.45) is 29.6 Å². The molecular weight excluding hydrogens is 380 g/mol. The van der Waals surface area contributed by atoms with E-state index in [4.69, 9.17) is 13.9 Å². The summed E-state index contributed by atoms with van der Waals surface area (Å²) in [4.78, 5) is 26.7. The summed E-state index contributed by atoms with van der Waals surface area (Å²) in [5, 5.41) is 0.776. The van der Waals surface area contributed by atoms with E-state index in [0.29, 0.717) is 29.2 Å². The van der Waals surface area contributed by atoms with E-state index in [-0.39, 0.29) is 29.5 Å². The summed E-state index contributed by atoms with van der Waals surface area (Å²) in [6.07, 6.45) is 2.02.